The largest absolute Gasteiger partial charge is 0.310 e. The van der Waals surface area contributed by atoms with Crippen LogP contribution in [0.4, 0.5) is 11.4 Å². The van der Waals surface area contributed by atoms with Crippen molar-refractivity contribution in [1.29, 1.82) is 0 Å². The minimum atomic E-state index is 0.587. The molecule has 2 aromatic heterocycles. The first-order valence-corrected chi connectivity index (χ1v) is 13.8. The molecule has 0 atom stereocenters. The molecule has 6 aromatic carbocycles. The summed E-state index contributed by atoms with van der Waals surface area (Å²) in [5.41, 5.74) is 9.78. The van der Waals surface area contributed by atoms with Gasteiger partial charge in [0.15, 0.2) is 11.4 Å². The van der Waals surface area contributed by atoms with Crippen LogP contribution in [0, 0.1) is 13.1 Å². The highest BCUT2D eigenvalue weighted by atomic mass is 15.0. The first-order valence-electron chi connectivity index (χ1n) is 13.8. The molecular weight excluding hydrogens is 512 g/mol. The van der Waals surface area contributed by atoms with Crippen LogP contribution in [0.1, 0.15) is 0 Å². The van der Waals surface area contributed by atoms with Crippen LogP contribution in [0.25, 0.3) is 75.8 Å². The summed E-state index contributed by atoms with van der Waals surface area (Å²) >= 11 is 0. The van der Waals surface area contributed by atoms with E-state index in [-0.39, 0.29) is 0 Å². The van der Waals surface area contributed by atoms with Gasteiger partial charge in [-0.25, -0.2) is 9.69 Å². The minimum Gasteiger partial charge on any atom is -0.310 e. The zero-order chi connectivity index (χ0) is 28.2. The van der Waals surface area contributed by atoms with E-state index in [9.17, 15) is 0 Å². The molecule has 0 fully saturated rings. The van der Waals surface area contributed by atoms with Gasteiger partial charge in [0.1, 0.15) is 0 Å². The van der Waals surface area contributed by atoms with Crippen LogP contribution in [0.5, 0.6) is 0 Å². The Labute approximate surface area is 242 Å². The molecule has 0 N–H and O–H groups in total. The van der Waals surface area contributed by atoms with Gasteiger partial charge in [0.2, 0.25) is 0 Å². The zero-order valence-electron chi connectivity index (χ0n) is 22.5. The Hall–Kier alpha value is -6.10. The first-order chi connectivity index (χ1) is 20.8. The molecule has 0 radical (unpaired) electrons. The van der Waals surface area contributed by atoms with Crippen LogP contribution in [0.15, 0.2) is 133 Å². The van der Waals surface area contributed by atoms with E-state index >= 15 is 0 Å². The van der Waals surface area contributed by atoms with Gasteiger partial charge in [0.25, 0.3) is 0 Å². The fraction of sp³-hybridized carbons (Fsp3) is 0. The van der Waals surface area contributed by atoms with Gasteiger partial charge in [0, 0.05) is 38.7 Å². The first kappa shape index (κ1) is 23.8. The van der Waals surface area contributed by atoms with Gasteiger partial charge in [-0.05, 0) is 47.9 Å². The van der Waals surface area contributed by atoms with Crippen LogP contribution in [-0.2, 0) is 0 Å². The summed E-state index contributed by atoms with van der Waals surface area (Å²) in [5.74, 6) is 0. The van der Waals surface area contributed by atoms with Crippen LogP contribution in [0.2, 0.25) is 0 Å². The third-order valence-electron chi connectivity index (χ3n) is 8.12. The Kier molecular flexibility index (Phi) is 5.22. The quantitative estimate of drug-likeness (QED) is 0.201. The van der Waals surface area contributed by atoms with Gasteiger partial charge in [-0.1, -0.05) is 91.0 Å². The van der Waals surface area contributed by atoms with Gasteiger partial charge < -0.3 is 9.13 Å². The van der Waals surface area contributed by atoms with Crippen LogP contribution < -0.4 is 0 Å². The fourth-order valence-corrected chi connectivity index (χ4v) is 6.39. The maximum atomic E-state index is 7.66. The molecule has 0 saturated heterocycles. The van der Waals surface area contributed by atoms with Crippen molar-refractivity contribution in [3.05, 3.63) is 156 Å². The van der Waals surface area contributed by atoms with Crippen molar-refractivity contribution in [1.82, 2.24) is 9.13 Å². The number of para-hydroxylation sites is 4. The molecule has 8 aromatic rings. The van der Waals surface area contributed by atoms with Crippen molar-refractivity contribution in [2.45, 2.75) is 0 Å². The molecule has 0 aliphatic carbocycles. The summed E-state index contributed by atoms with van der Waals surface area (Å²) < 4.78 is 4.61. The van der Waals surface area contributed by atoms with Gasteiger partial charge in [0.05, 0.1) is 35.2 Å². The molecule has 0 saturated carbocycles. The molecule has 0 aliphatic heterocycles. The number of aromatic nitrogens is 2. The molecule has 0 amide bonds. The Morgan fingerprint density at radius 1 is 0.405 bits per heavy atom. The molecule has 0 unspecified atom stereocenters. The molecule has 194 valence electrons. The summed E-state index contributed by atoms with van der Waals surface area (Å²) in [6.07, 6.45) is 0. The van der Waals surface area contributed by atoms with E-state index < -0.39 is 0 Å². The van der Waals surface area contributed by atoms with Crippen molar-refractivity contribution in [2.24, 2.45) is 0 Å². The monoisotopic (exact) mass is 534 g/mol. The standard InChI is InChI=1S/C38H22N4/c1-39-25-11-8-14-28(23-25)42-36-22-21-26(40-2)24-34(36)33-19-10-18-32(38(33)42)31-17-9-16-30-29-15-6-7-20-35(29)41(37(30)31)27-12-4-3-5-13-27/h3-24H. The van der Waals surface area contributed by atoms with E-state index in [1.807, 2.05) is 42.5 Å². The Morgan fingerprint density at radius 3 is 1.69 bits per heavy atom. The minimum absolute atomic E-state index is 0.587. The highest BCUT2D eigenvalue weighted by molar-refractivity contribution is 6.19. The zero-order valence-corrected chi connectivity index (χ0v) is 22.5. The van der Waals surface area contributed by atoms with Gasteiger partial charge >= 0.3 is 0 Å². The van der Waals surface area contributed by atoms with E-state index in [1.54, 1.807) is 0 Å². The van der Waals surface area contributed by atoms with Crippen molar-refractivity contribution in [2.75, 3.05) is 0 Å². The number of benzene rings is 6. The van der Waals surface area contributed by atoms with E-state index in [4.69, 9.17) is 13.1 Å². The number of rotatable bonds is 3. The number of nitrogens with zero attached hydrogens (tertiary/aromatic N) is 4. The Morgan fingerprint density at radius 2 is 0.952 bits per heavy atom. The second-order valence-electron chi connectivity index (χ2n) is 10.4. The molecule has 42 heavy (non-hydrogen) atoms. The van der Waals surface area contributed by atoms with E-state index in [2.05, 4.69) is 110 Å². The molecule has 0 aliphatic rings. The van der Waals surface area contributed by atoms with Crippen molar-refractivity contribution in [3.63, 3.8) is 0 Å². The van der Waals surface area contributed by atoms with Gasteiger partial charge in [-0.3, -0.25) is 0 Å². The molecule has 0 spiro atoms. The second-order valence-corrected chi connectivity index (χ2v) is 10.4. The van der Waals surface area contributed by atoms with E-state index in [1.165, 1.54) is 10.8 Å². The predicted molar refractivity (Wildman–Crippen MR) is 173 cm³/mol. The SMILES string of the molecule is [C-]#[N+]c1cccc(-n2c3ccc([N+]#[C-])cc3c3cccc(-c4cccc5c6ccccc6n(-c6ccccc6)c45)c32)c1. The maximum Gasteiger partial charge on any atom is 0.189 e. The van der Waals surface area contributed by atoms with Crippen LogP contribution in [-0.4, -0.2) is 9.13 Å². The fourth-order valence-electron chi connectivity index (χ4n) is 6.39. The third kappa shape index (κ3) is 3.40. The molecular formula is C38H22N4. The average molecular weight is 535 g/mol. The second kappa shape index (κ2) is 9.24. The summed E-state index contributed by atoms with van der Waals surface area (Å²) in [7, 11) is 0. The number of hydrogen-bond acceptors (Lipinski definition) is 0. The third-order valence-corrected chi connectivity index (χ3v) is 8.12. The van der Waals surface area contributed by atoms with Crippen LogP contribution in [0.3, 0.4) is 0 Å². The lowest BCUT2D eigenvalue weighted by Gasteiger charge is -2.15. The Balaban J connectivity index is 1.57. The molecule has 8 rings (SSSR count). The topological polar surface area (TPSA) is 18.6 Å². The van der Waals surface area contributed by atoms with Crippen LogP contribution >= 0.6 is 0 Å². The highest BCUT2D eigenvalue weighted by Gasteiger charge is 2.21. The lowest BCUT2D eigenvalue weighted by Crippen LogP contribution is -1.98. The van der Waals surface area contributed by atoms with E-state index in [0.717, 1.165) is 55.3 Å². The van der Waals surface area contributed by atoms with Gasteiger partial charge in [-0.15, -0.1) is 0 Å². The lowest BCUT2D eigenvalue weighted by atomic mass is 9.99. The molecule has 0 bridgehead atoms. The summed E-state index contributed by atoms with van der Waals surface area (Å²) in [4.78, 5) is 7.44. The number of hydrogen-bond donors (Lipinski definition) is 0. The van der Waals surface area contributed by atoms with Gasteiger partial charge in [-0.2, -0.15) is 0 Å². The highest BCUT2D eigenvalue weighted by Crippen LogP contribution is 2.43. The van der Waals surface area contributed by atoms with Crippen molar-refractivity contribution < 1.29 is 0 Å². The van der Waals surface area contributed by atoms with Crippen molar-refractivity contribution in [3.8, 4) is 22.5 Å². The average Bonchev–Trinajstić information content (AvgIpc) is 3.58. The smallest absolute Gasteiger partial charge is 0.189 e. The van der Waals surface area contributed by atoms with Crippen molar-refractivity contribution >= 4 is 55.0 Å². The van der Waals surface area contributed by atoms with E-state index in [0.29, 0.717) is 11.4 Å². The normalized spacial score (nSPS) is 11.3. The summed E-state index contributed by atoms with van der Waals surface area (Å²) in [6.45, 7) is 15.3. The Bertz CT molecular complexity index is 2430. The maximum absolute atomic E-state index is 7.66. The molecule has 2 heterocycles. The predicted octanol–water partition coefficient (Wildman–Crippen LogP) is 10.6. The summed E-state index contributed by atoms with van der Waals surface area (Å²) in [5, 5.41) is 4.49. The number of fused-ring (bicyclic) bond motifs is 6. The molecule has 4 heteroatoms. The molecule has 4 nitrogen and oxygen atoms in total. The lowest BCUT2D eigenvalue weighted by molar-refractivity contribution is 1.17. The summed E-state index contributed by atoms with van der Waals surface area (Å²) in [6, 6.07) is 45.7.